The van der Waals surface area contributed by atoms with Gasteiger partial charge in [-0.3, -0.25) is 0 Å². The Morgan fingerprint density at radius 2 is 2.31 bits per heavy atom. The summed E-state index contributed by atoms with van der Waals surface area (Å²) < 4.78 is 5.06. The predicted octanol–water partition coefficient (Wildman–Crippen LogP) is 2.48. The lowest BCUT2D eigenvalue weighted by Crippen LogP contribution is -2.34. The highest BCUT2D eigenvalue weighted by atomic mass is 16.3. The molecule has 0 amide bonds. The van der Waals surface area contributed by atoms with E-state index in [1.54, 1.807) is 12.5 Å². The van der Waals surface area contributed by atoms with Crippen molar-refractivity contribution in [2.45, 2.75) is 44.8 Å². The van der Waals surface area contributed by atoms with Crippen molar-refractivity contribution >= 4 is 0 Å². The van der Waals surface area contributed by atoms with Crippen molar-refractivity contribution in [3.05, 3.63) is 24.2 Å². The summed E-state index contributed by atoms with van der Waals surface area (Å²) in [5.74, 6) is 0.420. The molecule has 1 saturated carbocycles. The molecule has 0 aromatic carbocycles. The Hall–Kier alpha value is -0.800. The van der Waals surface area contributed by atoms with Crippen LogP contribution in [0.25, 0.3) is 0 Å². The van der Waals surface area contributed by atoms with E-state index in [1.165, 1.54) is 18.4 Å². The molecule has 3 atom stereocenters. The zero-order valence-electron chi connectivity index (χ0n) is 9.86. The molecule has 3 nitrogen and oxygen atoms in total. The monoisotopic (exact) mass is 223 g/mol. The van der Waals surface area contributed by atoms with Gasteiger partial charge in [-0.15, -0.1) is 0 Å². The highest BCUT2D eigenvalue weighted by Crippen LogP contribution is 2.24. The fourth-order valence-electron chi connectivity index (χ4n) is 2.39. The van der Waals surface area contributed by atoms with Crippen LogP contribution in [-0.4, -0.2) is 17.8 Å². The SMILES string of the molecule is CC(NCC1CCCCC1O)c1ccoc1. The molecule has 1 aliphatic carbocycles. The van der Waals surface area contributed by atoms with Gasteiger partial charge >= 0.3 is 0 Å². The van der Waals surface area contributed by atoms with Crippen molar-refractivity contribution in [1.29, 1.82) is 0 Å². The highest BCUT2D eigenvalue weighted by molar-refractivity contribution is 5.10. The van der Waals surface area contributed by atoms with Gasteiger partial charge in [0.05, 0.1) is 18.6 Å². The average molecular weight is 223 g/mol. The van der Waals surface area contributed by atoms with E-state index in [1.807, 2.05) is 6.07 Å². The molecule has 0 aliphatic heterocycles. The maximum Gasteiger partial charge on any atom is 0.0950 e. The van der Waals surface area contributed by atoms with E-state index >= 15 is 0 Å². The first-order valence-electron chi connectivity index (χ1n) is 6.21. The summed E-state index contributed by atoms with van der Waals surface area (Å²) in [4.78, 5) is 0. The maximum atomic E-state index is 9.85. The van der Waals surface area contributed by atoms with Gasteiger partial charge in [0, 0.05) is 18.2 Å². The first-order valence-corrected chi connectivity index (χ1v) is 6.21. The standard InChI is InChI=1S/C13H21NO2/c1-10(12-6-7-16-9-12)14-8-11-4-2-3-5-13(11)15/h6-7,9-11,13-15H,2-5,8H2,1H3. The lowest BCUT2D eigenvalue weighted by Gasteiger charge is -2.28. The fourth-order valence-corrected chi connectivity index (χ4v) is 2.39. The Bertz CT molecular complexity index is 297. The number of nitrogens with one attached hydrogen (secondary N) is 1. The van der Waals surface area contributed by atoms with Crippen molar-refractivity contribution < 1.29 is 9.52 Å². The van der Waals surface area contributed by atoms with Gasteiger partial charge < -0.3 is 14.8 Å². The minimum Gasteiger partial charge on any atom is -0.472 e. The van der Waals surface area contributed by atoms with Gasteiger partial charge in [-0.1, -0.05) is 12.8 Å². The van der Waals surface area contributed by atoms with Crippen molar-refractivity contribution in [1.82, 2.24) is 5.32 Å². The quantitative estimate of drug-likeness (QED) is 0.824. The fraction of sp³-hybridized carbons (Fsp3) is 0.692. The van der Waals surface area contributed by atoms with Crippen LogP contribution in [0.1, 0.15) is 44.2 Å². The number of aliphatic hydroxyl groups is 1. The van der Waals surface area contributed by atoms with Gasteiger partial charge in [0.1, 0.15) is 0 Å². The number of rotatable bonds is 4. The zero-order chi connectivity index (χ0) is 11.4. The van der Waals surface area contributed by atoms with Gasteiger partial charge in [0.25, 0.3) is 0 Å². The highest BCUT2D eigenvalue weighted by Gasteiger charge is 2.23. The number of hydrogen-bond donors (Lipinski definition) is 2. The molecule has 90 valence electrons. The van der Waals surface area contributed by atoms with Crippen LogP contribution in [0, 0.1) is 5.92 Å². The molecule has 0 saturated heterocycles. The largest absolute Gasteiger partial charge is 0.472 e. The Labute approximate surface area is 96.8 Å². The number of aliphatic hydroxyl groups excluding tert-OH is 1. The summed E-state index contributed by atoms with van der Waals surface area (Å²) in [5.41, 5.74) is 1.17. The maximum absolute atomic E-state index is 9.85. The number of hydrogen-bond acceptors (Lipinski definition) is 3. The summed E-state index contributed by atoms with van der Waals surface area (Å²) in [6.45, 7) is 3.02. The van der Waals surface area contributed by atoms with E-state index in [-0.39, 0.29) is 6.10 Å². The summed E-state index contributed by atoms with van der Waals surface area (Å²) in [6, 6.07) is 2.28. The Balaban J connectivity index is 1.78. The Morgan fingerprint density at radius 1 is 1.50 bits per heavy atom. The van der Waals surface area contributed by atoms with Crippen LogP contribution < -0.4 is 5.32 Å². The molecule has 1 heterocycles. The molecular weight excluding hydrogens is 202 g/mol. The second-order valence-electron chi connectivity index (χ2n) is 4.80. The average Bonchev–Trinajstić information content (AvgIpc) is 2.81. The molecule has 2 rings (SSSR count). The molecule has 1 aromatic rings. The van der Waals surface area contributed by atoms with Crippen LogP contribution in [-0.2, 0) is 0 Å². The molecule has 1 fully saturated rings. The number of furan rings is 1. The third-order valence-corrected chi connectivity index (χ3v) is 3.60. The minimum atomic E-state index is -0.113. The molecule has 3 unspecified atom stereocenters. The lowest BCUT2D eigenvalue weighted by molar-refractivity contribution is 0.0684. The van der Waals surface area contributed by atoms with Crippen molar-refractivity contribution in [2.24, 2.45) is 5.92 Å². The van der Waals surface area contributed by atoms with Crippen molar-refractivity contribution in [3.8, 4) is 0 Å². The van der Waals surface area contributed by atoms with E-state index < -0.39 is 0 Å². The van der Waals surface area contributed by atoms with Crippen LogP contribution >= 0.6 is 0 Å². The van der Waals surface area contributed by atoms with Crippen LogP contribution in [0.4, 0.5) is 0 Å². The first-order chi connectivity index (χ1) is 7.77. The van der Waals surface area contributed by atoms with Gasteiger partial charge in [0.15, 0.2) is 0 Å². The normalized spacial score (nSPS) is 27.9. The third kappa shape index (κ3) is 2.86. The lowest BCUT2D eigenvalue weighted by atomic mass is 9.86. The van der Waals surface area contributed by atoms with E-state index in [0.717, 1.165) is 19.4 Å². The second-order valence-corrected chi connectivity index (χ2v) is 4.80. The van der Waals surface area contributed by atoms with E-state index in [9.17, 15) is 5.11 Å². The zero-order valence-corrected chi connectivity index (χ0v) is 9.86. The smallest absolute Gasteiger partial charge is 0.0950 e. The molecular formula is C13H21NO2. The summed E-state index contributed by atoms with van der Waals surface area (Å²) in [7, 11) is 0. The minimum absolute atomic E-state index is 0.113. The molecule has 1 aliphatic rings. The van der Waals surface area contributed by atoms with Gasteiger partial charge in [-0.2, -0.15) is 0 Å². The van der Waals surface area contributed by atoms with Crippen LogP contribution in [0.3, 0.4) is 0 Å². The van der Waals surface area contributed by atoms with Gasteiger partial charge in [-0.25, -0.2) is 0 Å². The Morgan fingerprint density at radius 3 is 3.00 bits per heavy atom. The van der Waals surface area contributed by atoms with Gasteiger partial charge in [0.2, 0.25) is 0 Å². The van der Waals surface area contributed by atoms with E-state index in [4.69, 9.17) is 4.42 Å². The van der Waals surface area contributed by atoms with Crippen molar-refractivity contribution in [3.63, 3.8) is 0 Å². The Kier molecular flexibility index (Phi) is 4.02. The predicted molar refractivity (Wildman–Crippen MR) is 63.1 cm³/mol. The van der Waals surface area contributed by atoms with Gasteiger partial charge in [-0.05, 0) is 31.7 Å². The summed E-state index contributed by atoms with van der Waals surface area (Å²) in [5, 5.41) is 13.3. The van der Waals surface area contributed by atoms with Crippen LogP contribution in [0.2, 0.25) is 0 Å². The molecule has 3 heteroatoms. The molecule has 0 spiro atoms. The summed E-state index contributed by atoms with van der Waals surface area (Å²) in [6.07, 6.45) is 7.90. The molecule has 2 N–H and O–H groups in total. The summed E-state index contributed by atoms with van der Waals surface area (Å²) >= 11 is 0. The molecule has 0 bridgehead atoms. The molecule has 16 heavy (non-hydrogen) atoms. The second kappa shape index (κ2) is 5.51. The topological polar surface area (TPSA) is 45.4 Å². The molecule has 0 radical (unpaired) electrons. The first kappa shape index (κ1) is 11.7. The van der Waals surface area contributed by atoms with Crippen LogP contribution in [0.15, 0.2) is 23.0 Å². The van der Waals surface area contributed by atoms with E-state index in [0.29, 0.717) is 12.0 Å². The molecule has 1 aromatic heterocycles. The third-order valence-electron chi connectivity index (χ3n) is 3.60. The van der Waals surface area contributed by atoms with E-state index in [2.05, 4.69) is 12.2 Å². The van der Waals surface area contributed by atoms with Crippen LogP contribution in [0.5, 0.6) is 0 Å². The van der Waals surface area contributed by atoms with Crippen molar-refractivity contribution in [2.75, 3.05) is 6.54 Å².